The largest absolute Gasteiger partial charge is 0.495 e. The number of benzene rings is 1. The Kier molecular flexibility index (Phi) is 5.23. The van der Waals surface area contributed by atoms with Gasteiger partial charge in [0.25, 0.3) is 0 Å². The van der Waals surface area contributed by atoms with Crippen molar-refractivity contribution in [2.45, 2.75) is 6.04 Å². The molecule has 1 aliphatic rings. The molecule has 7 nitrogen and oxygen atoms in total. The van der Waals surface area contributed by atoms with Crippen molar-refractivity contribution in [3.63, 3.8) is 0 Å². The number of carboxylic acid groups (broad SMARTS) is 1. The normalized spacial score (nSPS) is 17.2. The Morgan fingerprint density at radius 2 is 2.12 bits per heavy atom. The number of nitrogens with zero attached hydrogens (tertiary/aromatic N) is 3. The molecule has 2 heterocycles. The fourth-order valence-corrected chi connectivity index (χ4v) is 2.98. The number of amides is 1. The van der Waals surface area contributed by atoms with Crippen LogP contribution in [0, 0.1) is 0 Å². The Labute approximate surface area is 146 Å². The number of aromatic nitrogens is 1. The van der Waals surface area contributed by atoms with Crippen molar-refractivity contribution in [2.75, 3.05) is 38.3 Å². The topological polar surface area (TPSA) is 75.1 Å². The van der Waals surface area contributed by atoms with Crippen LogP contribution in [0.4, 0.5) is 10.5 Å². The van der Waals surface area contributed by atoms with Crippen molar-refractivity contribution in [3.05, 3.63) is 48.8 Å². The molecular formula is C18H21N3O4. The van der Waals surface area contributed by atoms with Crippen molar-refractivity contribution >= 4 is 11.8 Å². The van der Waals surface area contributed by atoms with Gasteiger partial charge >= 0.3 is 6.09 Å². The minimum absolute atomic E-state index is 0.268. The van der Waals surface area contributed by atoms with Gasteiger partial charge in [-0.2, -0.15) is 0 Å². The average molecular weight is 343 g/mol. The first kappa shape index (κ1) is 16.9. The van der Waals surface area contributed by atoms with E-state index < -0.39 is 6.09 Å². The standard InChI is InChI=1S/C18H21N3O4/c1-24-17-7-3-2-6-16(17)20-9-10-21(18(22)23)14(12-20)13-25-15-5-4-8-19-11-15/h2-8,11,14H,9-10,12-13H2,1H3,(H,22,23). The molecule has 2 aromatic rings. The van der Waals surface area contributed by atoms with Crippen molar-refractivity contribution in [2.24, 2.45) is 0 Å². The number of hydrogen-bond donors (Lipinski definition) is 1. The van der Waals surface area contributed by atoms with Gasteiger partial charge in [0.1, 0.15) is 18.1 Å². The van der Waals surface area contributed by atoms with Gasteiger partial charge in [0.05, 0.1) is 25.0 Å². The number of rotatable bonds is 5. The van der Waals surface area contributed by atoms with Gasteiger partial charge in [-0.1, -0.05) is 12.1 Å². The van der Waals surface area contributed by atoms with Crippen LogP contribution < -0.4 is 14.4 Å². The van der Waals surface area contributed by atoms with Gasteiger partial charge in [-0.3, -0.25) is 9.88 Å². The van der Waals surface area contributed by atoms with E-state index in [9.17, 15) is 9.90 Å². The van der Waals surface area contributed by atoms with Gasteiger partial charge in [0, 0.05) is 25.8 Å². The molecule has 0 saturated carbocycles. The maximum absolute atomic E-state index is 11.6. The molecule has 0 bridgehead atoms. The molecule has 1 amide bonds. The summed E-state index contributed by atoms with van der Waals surface area (Å²) in [4.78, 5) is 19.1. The molecule has 0 aliphatic carbocycles. The SMILES string of the molecule is COc1ccccc1N1CCN(C(=O)O)C(COc2cccnc2)C1. The number of para-hydroxylation sites is 2. The van der Waals surface area contributed by atoms with Crippen LogP contribution in [-0.4, -0.2) is 60.5 Å². The van der Waals surface area contributed by atoms with Gasteiger partial charge in [-0.05, 0) is 24.3 Å². The predicted molar refractivity (Wildman–Crippen MR) is 93.5 cm³/mol. The highest BCUT2D eigenvalue weighted by Gasteiger charge is 2.32. The number of methoxy groups -OCH3 is 1. The van der Waals surface area contributed by atoms with E-state index in [-0.39, 0.29) is 12.6 Å². The fraction of sp³-hybridized carbons (Fsp3) is 0.333. The maximum atomic E-state index is 11.6. The molecule has 3 rings (SSSR count). The molecule has 1 fully saturated rings. The van der Waals surface area contributed by atoms with Crippen LogP contribution in [-0.2, 0) is 0 Å². The molecule has 1 atom stereocenters. The molecule has 25 heavy (non-hydrogen) atoms. The van der Waals surface area contributed by atoms with Crippen LogP contribution in [0.5, 0.6) is 11.5 Å². The highest BCUT2D eigenvalue weighted by atomic mass is 16.5. The molecule has 0 spiro atoms. The summed E-state index contributed by atoms with van der Waals surface area (Å²) in [7, 11) is 1.63. The molecule has 0 radical (unpaired) electrons. The minimum atomic E-state index is -0.931. The molecule has 1 unspecified atom stereocenters. The smallest absolute Gasteiger partial charge is 0.407 e. The molecule has 7 heteroatoms. The predicted octanol–water partition coefficient (Wildman–Crippen LogP) is 2.34. The lowest BCUT2D eigenvalue weighted by atomic mass is 10.1. The van der Waals surface area contributed by atoms with Gasteiger partial charge in [-0.25, -0.2) is 4.79 Å². The fourth-order valence-electron chi connectivity index (χ4n) is 2.98. The van der Waals surface area contributed by atoms with E-state index in [0.29, 0.717) is 25.4 Å². The van der Waals surface area contributed by atoms with E-state index in [1.165, 1.54) is 4.90 Å². The number of anilines is 1. The zero-order valence-electron chi connectivity index (χ0n) is 14.0. The Bertz CT molecular complexity index is 710. The first-order chi connectivity index (χ1) is 12.2. The van der Waals surface area contributed by atoms with Crippen molar-refractivity contribution < 1.29 is 19.4 Å². The number of ether oxygens (including phenoxy) is 2. The van der Waals surface area contributed by atoms with Gasteiger partial charge in [0.2, 0.25) is 0 Å². The highest BCUT2D eigenvalue weighted by molar-refractivity contribution is 5.67. The first-order valence-electron chi connectivity index (χ1n) is 8.09. The summed E-state index contributed by atoms with van der Waals surface area (Å²) < 4.78 is 11.2. The Balaban J connectivity index is 1.74. The summed E-state index contributed by atoms with van der Waals surface area (Å²) in [5.41, 5.74) is 0.960. The first-order valence-corrected chi connectivity index (χ1v) is 8.09. The Morgan fingerprint density at radius 1 is 1.28 bits per heavy atom. The third-order valence-electron chi connectivity index (χ3n) is 4.23. The third kappa shape index (κ3) is 3.93. The van der Waals surface area contributed by atoms with E-state index in [2.05, 4.69) is 9.88 Å². The van der Waals surface area contributed by atoms with Crippen LogP contribution in [0.1, 0.15) is 0 Å². The zero-order valence-corrected chi connectivity index (χ0v) is 14.0. The van der Waals surface area contributed by atoms with Crippen LogP contribution in [0.2, 0.25) is 0 Å². The highest BCUT2D eigenvalue weighted by Crippen LogP contribution is 2.29. The van der Waals surface area contributed by atoms with Gasteiger partial charge in [0.15, 0.2) is 0 Å². The summed E-state index contributed by atoms with van der Waals surface area (Å²) in [5.74, 6) is 1.40. The number of hydrogen-bond acceptors (Lipinski definition) is 5. The minimum Gasteiger partial charge on any atom is -0.495 e. The molecule has 1 N–H and O–H groups in total. The lowest BCUT2D eigenvalue weighted by molar-refractivity contribution is 0.0964. The van der Waals surface area contributed by atoms with E-state index in [1.807, 2.05) is 24.3 Å². The quantitative estimate of drug-likeness (QED) is 0.898. The van der Waals surface area contributed by atoms with Crippen molar-refractivity contribution in [3.8, 4) is 11.5 Å². The lowest BCUT2D eigenvalue weighted by Crippen LogP contribution is -2.57. The Morgan fingerprint density at radius 3 is 2.84 bits per heavy atom. The average Bonchev–Trinajstić information content (AvgIpc) is 2.66. The van der Waals surface area contributed by atoms with Crippen molar-refractivity contribution in [1.29, 1.82) is 0 Å². The van der Waals surface area contributed by atoms with Crippen molar-refractivity contribution in [1.82, 2.24) is 9.88 Å². The lowest BCUT2D eigenvalue weighted by Gasteiger charge is -2.41. The second kappa shape index (κ2) is 7.74. The molecule has 1 aliphatic heterocycles. The van der Waals surface area contributed by atoms with E-state index >= 15 is 0 Å². The second-order valence-electron chi connectivity index (χ2n) is 5.75. The van der Waals surface area contributed by atoms with E-state index in [1.54, 1.807) is 31.6 Å². The number of carbonyl (C=O) groups is 1. The van der Waals surface area contributed by atoms with Crippen LogP contribution in [0.25, 0.3) is 0 Å². The summed E-state index contributed by atoms with van der Waals surface area (Å²) in [6, 6.07) is 11.1. The van der Waals surface area contributed by atoms with Crippen LogP contribution in [0.3, 0.4) is 0 Å². The summed E-state index contributed by atoms with van der Waals surface area (Å²) in [6.07, 6.45) is 2.35. The van der Waals surface area contributed by atoms with E-state index in [4.69, 9.17) is 9.47 Å². The molecule has 132 valence electrons. The third-order valence-corrected chi connectivity index (χ3v) is 4.23. The molecule has 1 saturated heterocycles. The van der Waals surface area contributed by atoms with Crippen LogP contribution >= 0.6 is 0 Å². The number of pyridine rings is 1. The van der Waals surface area contributed by atoms with Gasteiger partial charge in [-0.15, -0.1) is 0 Å². The maximum Gasteiger partial charge on any atom is 0.407 e. The molecule has 1 aromatic carbocycles. The second-order valence-corrected chi connectivity index (χ2v) is 5.75. The molecule has 1 aromatic heterocycles. The van der Waals surface area contributed by atoms with E-state index in [0.717, 1.165) is 11.4 Å². The summed E-state index contributed by atoms with van der Waals surface area (Å²) >= 11 is 0. The monoisotopic (exact) mass is 343 g/mol. The summed E-state index contributed by atoms with van der Waals surface area (Å²) in [6.45, 7) is 1.82. The Hall–Kier alpha value is -2.96. The number of piperazine rings is 1. The summed E-state index contributed by atoms with van der Waals surface area (Å²) in [5, 5.41) is 9.48. The molecular weight excluding hydrogens is 322 g/mol. The van der Waals surface area contributed by atoms with Crippen LogP contribution in [0.15, 0.2) is 48.8 Å². The van der Waals surface area contributed by atoms with Gasteiger partial charge < -0.3 is 19.5 Å². The zero-order chi connectivity index (χ0) is 17.6.